The van der Waals surface area contributed by atoms with Crippen LogP contribution in [0.25, 0.3) is 0 Å². The normalized spacial score (nSPS) is 19.3. The second-order valence-electron chi connectivity index (χ2n) is 4.22. The van der Waals surface area contributed by atoms with E-state index in [1.807, 2.05) is 13.0 Å². The van der Waals surface area contributed by atoms with E-state index in [9.17, 15) is 4.79 Å². The summed E-state index contributed by atoms with van der Waals surface area (Å²) in [5.41, 5.74) is 0. The van der Waals surface area contributed by atoms with Crippen molar-refractivity contribution in [2.45, 2.75) is 39.0 Å². The van der Waals surface area contributed by atoms with Gasteiger partial charge in [-0.25, -0.2) is 4.79 Å². The minimum atomic E-state index is -0.227. The molecular weight excluding hydrogens is 202 g/mol. The SMILES string of the molecule is CCOC(=O)/C=C/CN1CCCCCCC1. The largest absolute Gasteiger partial charge is 0.463 e. The van der Waals surface area contributed by atoms with Crippen LogP contribution in [0.3, 0.4) is 0 Å². The molecule has 92 valence electrons. The van der Waals surface area contributed by atoms with E-state index >= 15 is 0 Å². The van der Waals surface area contributed by atoms with Gasteiger partial charge in [0.1, 0.15) is 0 Å². The van der Waals surface area contributed by atoms with Gasteiger partial charge < -0.3 is 4.74 Å². The summed E-state index contributed by atoms with van der Waals surface area (Å²) in [4.78, 5) is 13.5. The van der Waals surface area contributed by atoms with Crippen LogP contribution in [0.5, 0.6) is 0 Å². The van der Waals surface area contributed by atoms with Crippen molar-refractivity contribution in [3.63, 3.8) is 0 Å². The van der Waals surface area contributed by atoms with Gasteiger partial charge >= 0.3 is 5.97 Å². The molecule has 0 aromatic rings. The highest BCUT2D eigenvalue weighted by Crippen LogP contribution is 2.09. The predicted molar refractivity (Wildman–Crippen MR) is 65.3 cm³/mol. The summed E-state index contributed by atoms with van der Waals surface area (Å²) in [5.74, 6) is -0.227. The Bertz CT molecular complexity index is 218. The van der Waals surface area contributed by atoms with E-state index in [2.05, 4.69) is 4.90 Å². The van der Waals surface area contributed by atoms with Crippen LogP contribution >= 0.6 is 0 Å². The number of esters is 1. The first-order valence-electron chi connectivity index (χ1n) is 6.38. The number of hydrogen-bond donors (Lipinski definition) is 0. The van der Waals surface area contributed by atoms with Gasteiger partial charge in [-0.1, -0.05) is 25.3 Å². The highest BCUT2D eigenvalue weighted by Gasteiger charge is 2.06. The molecule has 3 heteroatoms. The third-order valence-corrected chi connectivity index (χ3v) is 2.85. The van der Waals surface area contributed by atoms with E-state index in [4.69, 9.17) is 4.74 Å². The molecule has 3 nitrogen and oxygen atoms in total. The summed E-state index contributed by atoms with van der Waals surface area (Å²) in [6, 6.07) is 0. The summed E-state index contributed by atoms with van der Waals surface area (Å²) in [6.07, 6.45) is 10.1. The van der Waals surface area contributed by atoms with Gasteiger partial charge in [0.15, 0.2) is 0 Å². The fraction of sp³-hybridized carbons (Fsp3) is 0.769. The number of rotatable bonds is 4. The average Bonchev–Trinajstić information content (AvgIpc) is 2.21. The zero-order valence-corrected chi connectivity index (χ0v) is 10.3. The standard InChI is InChI=1S/C13H23NO2/c1-2-16-13(15)9-8-12-14-10-6-4-3-5-7-11-14/h8-9H,2-7,10-12H2,1H3/b9-8+. The first-order valence-corrected chi connectivity index (χ1v) is 6.38. The molecule has 1 aliphatic rings. The lowest BCUT2D eigenvalue weighted by molar-refractivity contribution is -0.137. The second kappa shape index (κ2) is 8.34. The van der Waals surface area contributed by atoms with Gasteiger partial charge in [0, 0.05) is 12.6 Å². The van der Waals surface area contributed by atoms with Crippen molar-refractivity contribution in [1.82, 2.24) is 4.90 Å². The lowest BCUT2D eigenvalue weighted by atomic mass is 10.1. The second-order valence-corrected chi connectivity index (χ2v) is 4.22. The molecule has 1 saturated heterocycles. The minimum absolute atomic E-state index is 0.227. The molecule has 0 aromatic carbocycles. The number of likely N-dealkylation sites (tertiary alicyclic amines) is 1. The lowest BCUT2D eigenvalue weighted by Crippen LogP contribution is -2.27. The molecule has 1 rings (SSSR count). The Morgan fingerprint density at radius 1 is 1.19 bits per heavy atom. The molecule has 0 saturated carbocycles. The fourth-order valence-electron chi connectivity index (χ4n) is 1.98. The first-order chi connectivity index (χ1) is 7.83. The zero-order chi connectivity index (χ0) is 11.6. The topological polar surface area (TPSA) is 29.5 Å². The van der Waals surface area contributed by atoms with Crippen LogP contribution in [0.2, 0.25) is 0 Å². The number of carbonyl (C=O) groups is 1. The number of hydrogen-bond acceptors (Lipinski definition) is 3. The van der Waals surface area contributed by atoms with Gasteiger partial charge in [-0.2, -0.15) is 0 Å². The van der Waals surface area contributed by atoms with E-state index < -0.39 is 0 Å². The van der Waals surface area contributed by atoms with Crippen molar-refractivity contribution in [2.75, 3.05) is 26.2 Å². The molecule has 0 aromatic heterocycles. The summed E-state index contributed by atoms with van der Waals surface area (Å²) < 4.78 is 4.83. The molecule has 0 N–H and O–H groups in total. The Kier molecular flexibility index (Phi) is 6.90. The molecular formula is C13H23NO2. The van der Waals surface area contributed by atoms with Gasteiger partial charge in [-0.15, -0.1) is 0 Å². The fourth-order valence-corrected chi connectivity index (χ4v) is 1.98. The van der Waals surface area contributed by atoms with E-state index in [1.165, 1.54) is 32.1 Å². The van der Waals surface area contributed by atoms with Crippen LogP contribution < -0.4 is 0 Å². The van der Waals surface area contributed by atoms with Crippen LogP contribution in [-0.2, 0) is 9.53 Å². The quantitative estimate of drug-likeness (QED) is 0.543. The summed E-state index contributed by atoms with van der Waals surface area (Å²) in [6.45, 7) is 5.47. The van der Waals surface area contributed by atoms with Crippen molar-refractivity contribution < 1.29 is 9.53 Å². The Balaban J connectivity index is 2.21. The first kappa shape index (κ1) is 13.2. The van der Waals surface area contributed by atoms with Crippen LogP contribution in [0.15, 0.2) is 12.2 Å². The highest BCUT2D eigenvalue weighted by molar-refractivity contribution is 5.81. The maximum absolute atomic E-state index is 11.1. The Hall–Kier alpha value is -0.830. The van der Waals surface area contributed by atoms with E-state index in [0.717, 1.165) is 19.6 Å². The van der Waals surface area contributed by atoms with E-state index in [0.29, 0.717) is 6.61 Å². The van der Waals surface area contributed by atoms with Crippen molar-refractivity contribution in [3.8, 4) is 0 Å². The molecule has 0 atom stereocenters. The summed E-state index contributed by atoms with van der Waals surface area (Å²) in [5, 5.41) is 0. The van der Waals surface area contributed by atoms with Crippen LogP contribution in [0, 0.1) is 0 Å². The lowest BCUT2D eigenvalue weighted by Gasteiger charge is -2.22. The molecule has 0 radical (unpaired) electrons. The van der Waals surface area contributed by atoms with E-state index in [-0.39, 0.29) is 5.97 Å². The predicted octanol–water partition coefficient (Wildman–Crippen LogP) is 2.37. The molecule has 1 aliphatic heterocycles. The van der Waals surface area contributed by atoms with Gasteiger partial charge in [0.25, 0.3) is 0 Å². The Morgan fingerprint density at radius 2 is 1.81 bits per heavy atom. The number of nitrogens with zero attached hydrogens (tertiary/aromatic N) is 1. The van der Waals surface area contributed by atoms with Crippen LogP contribution in [-0.4, -0.2) is 37.1 Å². The smallest absolute Gasteiger partial charge is 0.330 e. The van der Waals surface area contributed by atoms with Gasteiger partial charge in [-0.3, -0.25) is 4.90 Å². The molecule has 0 unspecified atom stereocenters. The minimum Gasteiger partial charge on any atom is -0.463 e. The maximum atomic E-state index is 11.1. The highest BCUT2D eigenvalue weighted by atomic mass is 16.5. The monoisotopic (exact) mass is 225 g/mol. The molecule has 1 heterocycles. The zero-order valence-electron chi connectivity index (χ0n) is 10.3. The Morgan fingerprint density at radius 3 is 2.44 bits per heavy atom. The Labute approximate surface area is 98.5 Å². The van der Waals surface area contributed by atoms with Gasteiger partial charge in [0.2, 0.25) is 0 Å². The van der Waals surface area contributed by atoms with Crippen molar-refractivity contribution in [1.29, 1.82) is 0 Å². The molecule has 1 fully saturated rings. The molecule has 0 aliphatic carbocycles. The van der Waals surface area contributed by atoms with Crippen LogP contribution in [0.4, 0.5) is 0 Å². The van der Waals surface area contributed by atoms with Crippen molar-refractivity contribution in [3.05, 3.63) is 12.2 Å². The van der Waals surface area contributed by atoms with Crippen molar-refractivity contribution in [2.24, 2.45) is 0 Å². The molecule has 16 heavy (non-hydrogen) atoms. The maximum Gasteiger partial charge on any atom is 0.330 e. The van der Waals surface area contributed by atoms with Crippen LogP contribution in [0.1, 0.15) is 39.0 Å². The summed E-state index contributed by atoms with van der Waals surface area (Å²) in [7, 11) is 0. The van der Waals surface area contributed by atoms with Gasteiger partial charge in [0.05, 0.1) is 6.61 Å². The van der Waals surface area contributed by atoms with Crippen molar-refractivity contribution >= 4 is 5.97 Å². The summed E-state index contributed by atoms with van der Waals surface area (Å²) >= 11 is 0. The van der Waals surface area contributed by atoms with E-state index in [1.54, 1.807) is 6.08 Å². The van der Waals surface area contributed by atoms with Gasteiger partial charge in [-0.05, 0) is 32.9 Å². The number of carbonyl (C=O) groups excluding carboxylic acids is 1. The third kappa shape index (κ3) is 5.91. The molecule has 0 bridgehead atoms. The number of ether oxygens (including phenoxy) is 1. The average molecular weight is 225 g/mol. The molecule has 0 amide bonds. The third-order valence-electron chi connectivity index (χ3n) is 2.85. The molecule has 0 spiro atoms.